The van der Waals surface area contributed by atoms with E-state index in [1.807, 2.05) is 6.07 Å². The van der Waals surface area contributed by atoms with Crippen LogP contribution in [-0.2, 0) is 6.42 Å². The molecule has 0 spiro atoms. The van der Waals surface area contributed by atoms with E-state index in [0.29, 0.717) is 18.7 Å². The second-order valence-electron chi connectivity index (χ2n) is 4.96. The van der Waals surface area contributed by atoms with Crippen LogP contribution in [0, 0.1) is 0 Å². The van der Waals surface area contributed by atoms with Gasteiger partial charge < -0.3 is 10.4 Å². The summed E-state index contributed by atoms with van der Waals surface area (Å²) < 4.78 is 35.9. The molecule has 1 aliphatic carbocycles. The van der Waals surface area contributed by atoms with Crippen molar-refractivity contribution in [2.75, 3.05) is 6.54 Å². The third kappa shape index (κ3) is 3.86. The molecule has 2 N–H and O–H groups in total. The van der Waals surface area contributed by atoms with E-state index in [4.69, 9.17) is 0 Å². The minimum absolute atomic E-state index is 0.160. The van der Waals surface area contributed by atoms with Crippen LogP contribution in [0.4, 0.5) is 13.2 Å². The number of nitrogens with one attached hydrogen (secondary N) is 1. The topological polar surface area (TPSA) is 32.3 Å². The van der Waals surface area contributed by atoms with Gasteiger partial charge in [-0.05, 0) is 49.4 Å². The van der Waals surface area contributed by atoms with Crippen LogP contribution in [0.2, 0.25) is 0 Å². The predicted octanol–water partition coefficient (Wildman–Crippen LogP) is 3.70. The van der Waals surface area contributed by atoms with E-state index in [1.54, 1.807) is 12.1 Å². The van der Waals surface area contributed by atoms with Gasteiger partial charge in [0.15, 0.2) is 0 Å². The van der Waals surface area contributed by atoms with Crippen LogP contribution in [0.25, 0.3) is 0 Å². The van der Waals surface area contributed by atoms with Crippen molar-refractivity contribution in [2.24, 2.45) is 0 Å². The van der Waals surface area contributed by atoms with Gasteiger partial charge in [0.2, 0.25) is 0 Å². The summed E-state index contributed by atoms with van der Waals surface area (Å²) in [6, 6.07) is 5.60. The molecule has 19 heavy (non-hydrogen) atoms. The number of phenolic OH excluding ortho intramolecular Hbond substituents is 1. The zero-order valence-electron chi connectivity index (χ0n) is 10.6. The quantitative estimate of drug-likeness (QED) is 0.802. The first-order chi connectivity index (χ1) is 8.97. The van der Waals surface area contributed by atoms with Crippen LogP contribution in [0.3, 0.4) is 0 Å². The van der Waals surface area contributed by atoms with Crippen molar-refractivity contribution < 1.29 is 18.3 Å². The van der Waals surface area contributed by atoms with E-state index in [1.165, 1.54) is 0 Å². The minimum atomic E-state index is -4.05. The Bertz CT molecular complexity index is 431. The standard InChI is InChI=1S/C14H18F3NO/c15-14(16,17)8-1-2-9-18-12-7-6-11-10(12)4-3-5-13(11)19/h3-5,12,18-19H,1-2,6-9H2. The largest absolute Gasteiger partial charge is 0.508 e. The van der Waals surface area contributed by atoms with Crippen molar-refractivity contribution in [2.45, 2.75) is 44.3 Å². The molecule has 0 bridgehead atoms. The summed E-state index contributed by atoms with van der Waals surface area (Å²) in [6.07, 6.45) is -2.36. The van der Waals surface area contributed by atoms with Crippen molar-refractivity contribution in [3.8, 4) is 5.75 Å². The maximum atomic E-state index is 12.0. The second-order valence-corrected chi connectivity index (χ2v) is 4.96. The van der Waals surface area contributed by atoms with Gasteiger partial charge in [0.25, 0.3) is 0 Å². The number of rotatable bonds is 5. The van der Waals surface area contributed by atoms with Crippen molar-refractivity contribution in [3.63, 3.8) is 0 Å². The fourth-order valence-electron chi connectivity index (χ4n) is 2.57. The number of aromatic hydroxyl groups is 1. The number of fused-ring (bicyclic) bond motifs is 1. The highest BCUT2D eigenvalue weighted by atomic mass is 19.4. The molecule has 1 aromatic rings. The van der Waals surface area contributed by atoms with Crippen LogP contribution >= 0.6 is 0 Å². The monoisotopic (exact) mass is 273 g/mol. The zero-order chi connectivity index (χ0) is 13.9. The molecule has 0 aromatic heterocycles. The maximum Gasteiger partial charge on any atom is 0.389 e. The number of hydrogen-bond acceptors (Lipinski definition) is 2. The Kier molecular flexibility index (Phi) is 4.34. The Morgan fingerprint density at radius 2 is 2.05 bits per heavy atom. The molecular weight excluding hydrogens is 255 g/mol. The molecule has 5 heteroatoms. The summed E-state index contributed by atoms with van der Waals surface area (Å²) >= 11 is 0. The van der Waals surface area contributed by atoms with Gasteiger partial charge in [-0.2, -0.15) is 13.2 Å². The van der Waals surface area contributed by atoms with Crippen LogP contribution in [0.5, 0.6) is 5.75 Å². The molecule has 0 aliphatic heterocycles. The molecule has 106 valence electrons. The van der Waals surface area contributed by atoms with Crippen molar-refractivity contribution in [3.05, 3.63) is 29.3 Å². The Morgan fingerprint density at radius 3 is 2.79 bits per heavy atom. The first-order valence-electron chi connectivity index (χ1n) is 6.58. The van der Waals surface area contributed by atoms with Crippen LogP contribution in [0.15, 0.2) is 18.2 Å². The average Bonchev–Trinajstić information content (AvgIpc) is 2.72. The van der Waals surface area contributed by atoms with E-state index < -0.39 is 12.6 Å². The molecule has 1 aromatic carbocycles. The highest BCUT2D eigenvalue weighted by Gasteiger charge is 2.26. The third-order valence-corrected chi connectivity index (χ3v) is 3.52. The average molecular weight is 273 g/mol. The molecule has 0 radical (unpaired) electrons. The lowest BCUT2D eigenvalue weighted by molar-refractivity contribution is -0.135. The Balaban J connectivity index is 1.76. The van der Waals surface area contributed by atoms with E-state index in [-0.39, 0.29) is 12.5 Å². The lowest BCUT2D eigenvalue weighted by Gasteiger charge is -2.14. The molecule has 0 saturated carbocycles. The number of benzene rings is 1. The highest BCUT2D eigenvalue weighted by molar-refractivity contribution is 5.44. The Hall–Kier alpha value is -1.23. The van der Waals surface area contributed by atoms with Crippen LogP contribution < -0.4 is 5.32 Å². The van der Waals surface area contributed by atoms with E-state index in [0.717, 1.165) is 24.0 Å². The van der Waals surface area contributed by atoms with Gasteiger partial charge in [0.05, 0.1) is 0 Å². The normalized spacial score (nSPS) is 18.6. The smallest absolute Gasteiger partial charge is 0.389 e. The lowest BCUT2D eigenvalue weighted by Crippen LogP contribution is -2.20. The van der Waals surface area contributed by atoms with Gasteiger partial charge in [-0.15, -0.1) is 0 Å². The molecule has 0 heterocycles. The van der Waals surface area contributed by atoms with E-state index >= 15 is 0 Å². The van der Waals surface area contributed by atoms with Crippen molar-refractivity contribution >= 4 is 0 Å². The predicted molar refractivity (Wildman–Crippen MR) is 67.1 cm³/mol. The van der Waals surface area contributed by atoms with Crippen LogP contribution in [0.1, 0.15) is 42.9 Å². The third-order valence-electron chi connectivity index (χ3n) is 3.52. The number of unbranched alkanes of at least 4 members (excludes halogenated alkanes) is 1. The summed E-state index contributed by atoms with van der Waals surface area (Å²) in [5.41, 5.74) is 2.05. The van der Waals surface area contributed by atoms with E-state index in [9.17, 15) is 18.3 Å². The molecule has 2 rings (SSSR count). The van der Waals surface area contributed by atoms with E-state index in [2.05, 4.69) is 5.32 Å². The Labute approximate surface area is 110 Å². The highest BCUT2D eigenvalue weighted by Crippen LogP contribution is 2.36. The zero-order valence-corrected chi connectivity index (χ0v) is 10.6. The van der Waals surface area contributed by atoms with Gasteiger partial charge in [-0.25, -0.2) is 0 Å². The molecule has 0 saturated heterocycles. The summed E-state index contributed by atoms with van der Waals surface area (Å²) in [5, 5.41) is 13.0. The van der Waals surface area contributed by atoms with Gasteiger partial charge >= 0.3 is 6.18 Å². The first-order valence-corrected chi connectivity index (χ1v) is 6.58. The second kappa shape index (κ2) is 5.82. The fourth-order valence-corrected chi connectivity index (χ4v) is 2.57. The van der Waals surface area contributed by atoms with Gasteiger partial charge in [-0.3, -0.25) is 0 Å². The summed E-state index contributed by atoms with van der Waals surface area (Å²) in [4.78, 5) is 0. The fraction of sp³-hybridized carbons (Fsp3) is 0.571. The summed E-state index contributed by atoms with van der Waals surface area (Å²) in [7, 11) is 0. The molecule has 1 aliphatic rings. The SMILES string of the molecule is Oc1cccc2c1CCC2NCCCCC(F)(F)F. The van der Waals surface area contributed by atoms with Crippen molar-refractivity contribution in [1.29, 1.82) is 0 Å². The first kappa shape index (κ1) is 14.2. The number of alkyl halides is 3. The molecule has 1 atom stereocenters. The molecule has 0 fully saturated rings. The maximum absolute atomic E-state index is 12.0. The number of phenols is 1. The molecular formula is C14H18F3NO. The van der Waals surface area contributed by atoms with Crippen LogP contribution in [-0.4, -0.2) is 17.8 Å². The summed E-state index contributed by atoms with van der Waals surface area (Å²) in [5.74, 6) is 0.318. The Morgan fingerprint density at radius 1 is 1.26 bits per heavy atom. The van der Waals surface area contributed by atoms with Gasteiger partial charge in [0, 0.05) is 12.5 Å². The molecule has 1 unspecified atom stereocenters. The molecule has 2 nitrogen and oxygen atoms in total. The lowest BCUT2D eigenvalue weighted by atomic mass is 10.1. The molecule has 0 amide bonds. The van der Waals surface area contributed by atoms with Crippen molar-refractivity contribution in [1.82, 2.24) is 5.32 Å². The van der Waals surface area contributed by atoms with Gasteiger partial charge in [0.1, 0.15) is 5.75 Å². The number of hydrogen-bond donors (Lipinski definition) is 2. The minimum Gasteiger partial charge on any atom is -0.508 e. The number of halogens is 3. The summed E-state index contributed by atoms with van der Waals surface area (Å²) in [6.45, 7) is 0.579. The van der Waals surface area contributed by atoms with Gasteiger partial charge in [-0.1, -0.05) is 12.1 Å².